The number of carbonyl (C=O) groups is 1. The van der Waals surface area contributed by atoms with Gasteiger partial charge in [-0.25, -0.2) is 8.42 Å². The zero-order chi connectivity index (χ0) is 12.9. The smallest absolute Gasteiger partial charge is 0.238 e. The first kappa shape index (κ1) is 15.0. The van der Waals surface area contributed by atoms with Crippen LogP contribution in [-0.2, 0) is 14.6 Å². The standard InChI is InChI=1S/C11H20BrNO3S/c1-2-5-9(12)8-13-11(14)10-6-3-4-7-17(10,15)16/h9-10H,2-8H2,1H3,(H,13,14). The molecule has 2 unspecified atom stereocenters. The third kappa shape index (κ3) is 4.58. The van der Waals surface area contributed by atoms with Gasteiger partial charge in [-0.05, 0) is 19.3 Å². The van der Waals surface area contributed by atoms with E-state index in [1.165, 1.54) is 0 Å². The van der Waals surface area contributed by atoms with Crippen LogP contribution in [-0.4, -0.2) is 36.7 Å². The van der Waals surface area contributed by atoms with Crippen molar-refractivity contribution in [3.63, 3.8) is 0 Å². The summed E-state index contributed by atoms with van der Waals surface area (Å²) in [5.74, 6) is -0.178. The summed E-state index contributed by atoms with van der Waals surface area (Å²) >= 11 is 3.45. The fourth-order valence-corrected chi connectivity index (χ4v) is 4.44. The molecule has 1 saturated heterocycles. The van der Waals surface area contributed by atoms with Gasteiger partial charge in [-0.15, -0.1) is 0 Å². The monoisotopic (exact) mass is 325 g/mol. The van der Waals surface area contributed by atoms with E-state index in [4.69, 9.17) is 0 Å². The molecule has 0 aromatic carbocycles. The minimum Gasteiger partial charge on any atom is -0.354 e. The Morgan fingerprint density at radius 1 is 1.47 bits per heavy atom. The summed E-state index contributed by atoms with van der Waals surface area (Å²) in [6.45, 7) is 2.57. The van der Waals surface area contributed by atoms with Crippen LogP contribution in [0.2, 0.25) is 0 Å². The Labute approximate surface area is 112 Å². The van der Waals surface area contributed by atoms with Gasteiger partial charge in [0.2, 0.25) is 5.91 Å². The molecule has 1 rings (SSSR count). The Balaban J connectivity index is 2.46. The van der Waals surface area contributed by atoms with Crippen molar-refractivity contribution in [3.8, 4) is 0 Å². The third-order valence-electron chi connectivity index (χ3n) is 2.97. The first-order chi connectivity index (χ1) is 7.97. The van der Waals surface area contributed by atoms with Crippen LogP contribution < -0.4 is 5.32 Å². The van der Waals surface area contributed by atoms with Crippen molar-refractivity contribution in [2.24, 2.45) is 0 Å². The molecule has 0 radical (unpaired) electrons. The van der Waals surface area contributed by atoms with Crippen molar-refractivity contribution < 1.29 is 13.2 Å². The molecule has 0 spiro atoms. The Morgan fingerprint density at radius 2 is 2.18 bits per heavy atom. The number of halogens is 1. The predicted octanol–water partition coefficient (Wildman–Crippen LogP) is 1.63. The molecule has 100 valence electrons. The zero-order valence-electron chi connectivity index (χ0n) is 10.1. The molecular formula is C11H20BrNO3S. The van der Waals surface area contributed by atoms with Crippen LogP contribution in [0.3, 0.4) is 0 Å². The topological polar surface area (TPSA) is 63.2 Å². The van der Waals surface area contributed by atoms with E-state index in [9.17, 15) is 13.2 Å². The maximum atomic E-state index is 11.8. The lowest BCUT2D eigenvalue weighted by molar-refractivity contribution is -0.120. The highest BCUT2D eigenvalue weighted by atomic mass is 79.9. The Kier molecular flexibility index (Phi) is 5.92. The summed E-state index contributed by atoms with van der Waals surface area (Å²) in [6, 6.07) is 0. The predicted molar refractivity (Wildman–Crippen MR) is 72.1 cm³/mol. The average Bonchev–Trinajstić information content (AvgIpc) is 2.26. The van der Waals surface area contributed by atoms with E-state index < -0.39 is 15.1 Å². The van der Waals surface area contributed by atoms with Crippen molar-refractivity contribution in [1.82, 2.24) is 5.32 Å². The van der Waals surface area contributed by atoms with Crippen LogP contribution in [0.1, 0.15) is 39.0 Å². The molecule has 0 bridgehead atoms. The molecule has 1 amide bonds. The van der Waals surface area contributed by atoms with Gasteiger partial charge in [-0.1, -0.05) is 35.7 Å². The number of hydrogen-bond donors (Lipinski definition) is 1. The lowest BCUT2D eigenvalue weighted by Gasteiger charge is -2.22. The van der Waals surface area contributed by atoms with Gasteiger partial charge in [-0.2, -0.15) is 0 Å². The van der Waals surface area contributed by atoms with E-state index in [1.807, 2.05) is 0 Å². The van der Waals surface area contributed by atoms with E-state index in [0.717, 1.165) is 19.3 Å². The summed E-state index contributed by atoms with van der Waals surface area (Å²) in [4.78, 5) is 12.0. The van der Waals surface area contributed by atoms with Crippen molar-refractivity contribution >= 4 is 31.7 Å². The van der Waals surface area contributed by atoms with Crippen molar-refractivity contribution in [2.75, 3.05) is 12.3 Å². The third-order valence-corrected chi connectivity index (χ3v) is 5.93. The first-order valence-corrected chi connectivity index (χ1v) is 8.74. The largest absolute Gasteiger partial charge is 0.354 e. The molecule has 1 fully saturated rings. The van der Waals surface area contributed by atoms with Crippen molar-refractivity contribution in [3.05, 3.63) is 0 Å². The van der Waals surface area contributed by atoms with Crippen LogP contribution in [0, 0.1) is 0 Å². The summed E-state index contributed by atoms with van der Waals surface area (Å²) in [6.07, 6.45) is 3.98. The van der Waals surface area contributed by atoms with Gasteiger partial charge in [0.15, 0.2) is 9.84 Å². The summed E-state index contributed by atoms with van der Waals surface area (Å²) in [5.41, 5.74) is 0. The molecule has 4 nitrogen and oxygen atoms in total. The van der Waals surface area contributed by atoms with E-state index in [-0.39, 0.29) is 16.5 Å². The molecule has 2 atom stereocenters. The molecule has 0 aromatic rings. The number of nitrogens with one attached hydrogen (secondary N) is 1. The number of hydrogen-bond acceptors (Lipinski definition) is 3. The van der Waals surface area contributed by atoms with E-state index in [0.29, 0.717) is 19.4 Å². The van der Waals surface area contributed by atoms with Crippen LogP contribution in [0.4, 0.5) is 0 Å². The number of alkyl halides is 1. The zero-order valence-corrected chi connectivity index (χ0v) is 12.5. The second-order valence-corrected chi connectivity index (χ2v) is 8.08. The number of amides is 1. The molecule has 0 aromatic heterocycles. The molecule has 6 heteroatoms. The normalized spacial score (nSPS) is 25.2. The van der Waals surface area contributed by atoms with Crippen LogP contribution >= 0.6 is 15.9 Å². The first-order valence-electron chi connectivity index (χ1n) is 6.10. The fourth-order valence-electron chi connectivity index (χ4n) is 1.99. The fraction of sp³-hybridized carbons (Fsp3) is 0.909. The number of carbonyl (C=O) groups excluding carboxylic acids is 1. The van der Waals surface area contributed by atoms with Crippen molar-refractivity contribution in [2.45, 2.75) is 49.1 Å². The minimum atomic E-state index is -3.21. The van der Waals surface area contributed by atoms with Gasteiger partial charge >= 0.3 is 0 Å². The average molecular weight is 326 g/mol. The highest BCUT2D eigenvalue weighted by molar-refractivity contribution is 9.09. The van der Waals surface area contributed by atoms with Gasteiger partial charge in [0, 0.05) is 11.4 Å². The highest BCUT2D eigenvalue weighted by Crippen LogP contribution is 2.19. The van der Waals surface area contributed by atoms with Gasteiger partial charge in [0.1, 0.15) is 5.25 Å². The molecular weight excluding hydrogens is 306 g/mol. The Bertz CT molecular complexity index is 356. The van der Waals surface area contributed by atoms with Crippen molar-refractivity contribution in [1.29, 1.82) is 0 Å². The number of sulfone groups is 1. The summed E-state index contributed by atoms with van der Waals surface area (Å²) < 4.78 is 23.4. The molecule has 0 aliphatic carbocycles. The highest BCUT2D eigenvalue weighted by Gasteiger charge is 2.34. The Hall–Kier alpha value is -0.100. The minimum absolute atomic E-state index is 0.151. The van der Waals surface area contributed by atoms with Gasteiger partial charge in [0.25, 0.3) is 0 Å². The van der Waals surface area contributed by atoms with Crippen LogP contribution in [0.15, 0.2) is 0 Å². The molecule has 1 N–H and O–H groups in total. The van der Waals surface area contributed by atoms with Gasteiger partial charge < -0.3 is 5.32 Å². The molecule has 0 saturated carbocycles. The quantitative estimate of drug-likeness (QED) is 0.781. The van der Waals surface area contributed by atoms with Gasteiger partial charge in [-0.3, -0.25) is 4.79 Å². The maximum Gasteiger partial charge on any atom is 0.238 e. The molecule has 17 heavy (non-hydrogen) atoms. The summed E-state index contributed by atoms with van der Waals surface area (Å²) in [7, 11) is -3.21. The van der Waals surface area contributed by atoms with Gasteiger partial charge in [0.05, 0.1) is 5.75 Å². The second-order valence-electron chi connectivity index (χ2n) is 4.48. The molecule has 1 heterocycles. The van der Waals surface area contributed by atoms with Crippen LogP contribution in [0.25, 0.3) is 0 Å². The maximum absolute atomic E-state index is 11.8. The lowest BCUT2D eigenvalue weighted by Crippen LogP contribution is -2.44. The number of rotatable bonds is 5. The second kappa shape index (κ2) is 6.73. The van der Waals surface area contributed by atoms with E-state index in [2.05, 4.69) is 28.2 Å². The molecule has 1 aliphatic heterocycles. The Morgan fingerprint density at radius 3 is 2.76 bits per heavy atom. The summed E-state index contributed by atoms with van der Waals surface area (Å²) in [5, 5.41) is 1.91. The van der Waals surface area contributed by atoms with E-state index >= 15 is 0 Å². The van der Waals surface area contributed by atoms with Crippen LogP contribution in [0.5, 0.6) is 0 Å². The SMILES string of the molecule is CCCC(Br)CNC(=O)C1CCCCS1(=O)=O. The molecule has 1 aliphatic rings. The lowest BCUT2D eigenvalue weighted by atomic mass is 10.2. The van der Waals surface area contributed by atoms with E-state index in [1.54, 1.807) is 0 Å².